The molecule has 4 heteroatoms. The summed E-state index contributed by atoms with van der Waals surface area (Å²) in [6.07, 6.45) is 3.20. The van der Waals surface area contributed by atoms with Crippen molar-refractivity contribution >= 4 is 5.78 Å². The first-order chi connectivity index (χ1) is 6.74. The molecule has 1 aliphatic heterocycles. The highest BCUT2D eigenvalue weighted by Gasteiger charge is 2.29. The topological polar surface area (TPSA) is 44.1 Å². The van der Waals surface area contributed by atoms with E-state index in [1.807, 2.05) is 6.92 Å². The summed E-state index contributed by atoms with van der Waals surface area (Å²) in [7, 11) is 1.68. The molecular weight excluding hydrogens is 180 g/mol. The number of ketones is 1. The predicted octanol–water partition coefficient (Wildman–Crippen LogP) is 1.44. The van der Waals surface area contributed by atoms with E-state index in [4.69, 9.17) is 4.74 Å². The summed E-state index contributed by atoms with van der Waals surface area (Å²) < 4.78 is 7.07. The van der Waals surface area contributed by atoms with Crippen molar-refractivity contribution in [2.45, 2.75) is 31.9 Å². The normalized spacial score (nSPS) is 23.3. The Bertz CT molecular complexity index is 346. The lowest BCUT2D eigenvalue weighted by molar-refractivity contribution is 0.0532. The van der Waals surface area contributed by atoms with Crippen LogP contribution in [-0.2, 0) is 4.74 Å². The second-order valence-electron chi connectivity index (χ2n) is 3.63. The highest BCUT2D eigenvalue weighted by atomic mass is 16.5. The van der Waals surface area contributed by atoms with Crippen LogP contribution in [-0.4, -0.2) is 28.8 Å². The van der Waals surface area contributed by atoms with Crippen LogP contribution < -0.4 is 0 Å². The van der Waals surface area contributed by atoms with Crippen LogP contribution in [0.4, 0.5) is 0 Å². The summed E-state index contributed by atoms with van der Waals surface area (Å²) in [6, 6.07) is 1.97. The fraction of sp³-hybridized carbons (Fsp3) is 0.600. The zero-order valence-electron chi connectivity index (χ0n) is 8.43. The number of methoxy groups -OCH3 is 1. The smallest absolute Gasteiger partial charge is 0.180 e. The van der Waals surface area contributed by atoms with Crippen LogP contribution >= 0.6 is 0 Å². The minimum absolute atomic E-state index is 0.0988. The van der Waals surface area contributed by atoms with Gasteiger partial charge in [0, 0.05) is 19.7 Å². The highest BCUT2D eigenvalue weighted by Crippen LogP contribution is 2.27. The number of carbonyl (C=O) groups is 1. The first-order valence-corrected chi connectivity index (χ1v) is 4.83. The van der Waals surface area contributed by atoms with Crippen LogP contribution in [0.3, 0.4) is 0 Å². The number of Topliss-reactive ketones (excluding diaryl/α,β-unsaturated/α-hetero) is 1. The van der Waals surface area contributed by atoms with Crippen molar-refractivity contribution in [2.24, 2.45) is 0 Å². The van der Waals surface area contributed by atoms with Crippen LogP contribution in [0, 0.1) is 0 Å². The van der Waals surface area contributed by atoms with E-state index in [0.717, 1.165) is 6.42 Å². The molecule has 0 fully saturated rings. The third-order valence-electron chi connectivity index (χ3n) is 2.85. The predicted molar refractivity (Wildman–Crippen MR) is 51.3 cm³/mol. The zero-order valence-corrected chi connectivity index (χ0v) is 8.43. The van der Waals surface area contributed by atoms with Gasteiger partial charge in [-0.2, -0.15) is 5.10 Å². The molecule has 1 aromatic heterocycles. The Morgan fingerprint density at radius 2 is 2.50 bits per heavy atom. The maximum Gasteiger partial charge on any atom is 0.180 e. The van der Waals surface area contributed by atoms with E-state index in [2.05, 4.69) is 5.10 Å². The van der Waals surface area contributed by atoms with Crippen molar-refractivity contribution < 1.29 is 9.53 Å². The number of hydrogen-bond donors (Lipinski definition) is 0. The lowest BCUT2D eigenvalue weighted by Gasteiger charge is -2.27. The fourth-order valence-electron chi connectivity index (χ4n) is 1.92. The Kier molecular flexibility index (Phi) is 2.37. The maximum absolute atomic E-state index is 11.5. The Balaban J connectivity index is 2.33. The van der Waals surface area contributed by atoms with Gasteiger partial charge in [0.1, 0.15) is 5.69 Å². The summed E-state index contributed by atoms with van der Waals surface area (Å²) in [5.74, 6) is 0.182. The van der Waals surface area contributed by atoms with Gasteiger partial charge < -0.3 is 4.74 Å². The first-order valence-electron chi connectivity index (χ1n) is 4.83. The van der Waals surface area contributed by atoms with Gasteiger partial charge in [-0.05, 0) is 19.4 Å². The number of nitrogens with zero attached hydrogens (tertiary/aromatic N) is 2. The van der Waals surface area contributed by atoms with E-state index in [0.29, 0.717) is 12.1 Å². The molecule has 2 rings (SSSR count). The molecule has 0 aliphatic carbocycles. The molecule has 0 aromatic carbocycles. The molecule has 0 N–H and O–H groups in total. The lowest BCUT2D eigenvalue weighted by Crippen LogP contribution is -2.31. The van der Waals surface area contributed by atoms with Crippen molar-refractivity contribution in [3.05, 3.63) is 18.0 Å². The molecule has 2 atom stereocenters. The molecule has 1 aromatic rings. The number of fused-ring (bicyclic) bond motifs is 1. The molecule has 0 bridgehead atoms. The van der Waals surface area contributed by atoms with E-state index in [9.17, 15) is 4.79 Å². The lowest BCUT2D eigenvalue weighted by atomic mass is 9.99. The summed E-state index contributed by atoms with van der Waals surface area (Å²) in [5, 5.41) is 4.17. The SMILES string of the molecule is COC(C)C1CCC(=O)c2ccnn21. The minimum Gasteiger partial charge on any atom is -0.380 e. The Hall–Kier alpha value is -1.16. The third-order valence-corrected chi connectivity index (χ3v) is 2.85. The fourth-order valence-corrected chi connectivity index (χ4v) is 1.92. The van der Waals surface area contributed by atoms with E-state index in [1.54, 1.807) is 24.1 Å². The molecule has 2 unspecified atom stereocenters. The molecule has 14 heavy (non-hydrogen) atoms. The maximum atomic E-state index is 11.5. The number of carbonyl (C=O) groups excluding carboxylic acids is 1. The van der Waals surface area contributed by atoms with E-state index in [1.165, 1.54) is 0 Å². The van der Waals surface area contributed by atoms with Gasteiger partial charge in [-0.15, -0.1) is 0 Å². The van der Waals surface area contributed by atoms with Crippen molar-refractivity contribution in [1.29, 1.82) is 0 Å². The second kappa shape index (κ2) is 3.53. The summed E-state index contributed by atoms with van der Waals surface area (Å²) in [5.41, 5.74) is 0.713. The minimum atomic E-state index is 0.0988. The average molecular weight is 194 g/mol. The van der Waals surface area contributed by atoms with Gasteiger partial charge in [-0.25, -0.2) is 0 Å². The van der Waals surface area contributed by atoms with Crippen LogP contribution in [0.5, 0.6) is 0 Å². The van der Waals surface area contributed by atoms with Crippen LogP contribution in [0.1, 0.15) is 36.3 Å². The number of rotatable bonds is 2. The largest absolute Gasteiger partial charge is 0.380 e. The van der Waals surface area contributed by atoms with Crippen molar-refractivity contribution in [3.8, 4) is 0 Å². The van der Waals surface area contributed by atoms with Crippen LogP contribution in [0.25, 0.3) is 0 Å². The Morgan fingerprint density at radius 1 is 1.71 bits per heavy atom. The monoisotopic (exact) mass is 194 g/mol. The van der Waals surface area contributed by atoms with Crippen LogP contribution in [0.2, 0.25) is 0 Å². The van der Waals surface area contributed by atoms with Gasteiger partial charge >= 0.3 is 0 Å². The van der Waals surface area contributed by atoms with Gasteiger partial charge in [0.2, 0.25) is 0 Å². The van der Waals surface area contributed by atoms with Gasteiger partial charge in [0.15, 0.2) is 5.78 Å². The van der Waals surface area contributed by atoms with Gasteiger partial charge in [0.05, 0.1) is 12.1 Å². The molecule has 4 nitrogen and oxygen atoms in total. The van der Waals surface area contributed by atoms with E-state index >= 15 is 0 Å². The Morgan fingerprint density at radius 3 is 3.21 bits per heavy atom. The molecule has 1 aliphatic rings. The average Bonchev–Trinajstić information content (AvgIpc) is 2.67. The quantitative estimate of drug-likeness (QED) is 0.715. The van der Waals surface area contributed by atoms with E-state index < -0.39 is 0 Å². The van der Waals surface area contributed by atoms with Crippen molar-refractivity contribution in [2.75, 3.05) is 7.11 Å². The molecule has 0 radical (unpaired) electrons. The number of hydrogen-bond acceptors (Lipinski definition) is 3. The zero-order chi connectivity index (χ0) is 10.1. The van der Waals surface area contributed by atoms with Gasteiger partial charge in [0.25, 0.3) is 0 Å². The molecule has 76 valence electrons. The van der Waals surface area contributed by atoms with Gasteiger partial charge in [-0.1, -0.05) is 0 Å². The summed E-state index contributed by atoms with van der Waals surface area (Å²) >= 11 is 0. The molecule has 0 saturated carbocycles. The number of aromatic nitrogens is 2. The molecule has 2 heterocycles. The van der Waals surface area contributed by atoms with Gasteiger partial charge in [-0.3, -0.25) is 9.48 Å². The Labute approximate surface area is 82.9 Å². The van der Waals surface area contributed by atoms with Crippen molar-refractivity contribution in [3.63, 3.8) is 0 Å². The summed E-state index contributed by atoms with van der Waals surface area (Å²) in [4.78, 5) is 11.5. The standard InChI is InChI=1S/C10H14N2O2/c1-7(14-2)8-3-4-10(13)9-5-6-11-12(8)9/h5-8H,3-4H2,1-2H3. The van der Waals surface area contributed by atoms with Crippen LogP contribution in [0.15, 0.2) is 12.3 Å². The highest BCUT2D eigenvalue weighted by molar-refractivity contribution is 5.95. The molecule has 0 amide bonds. The molecule has 0 spiro atoms. The van der Waals surface area contributed by atoms with Crippen molar-refractivity contribution in [1.82, 2.24) is 9.78 Å². The number of ether oxygens (including phenoxy) is 1. The third kappa shape index (κ3) is 1.35. The van der Waals surface area contributed by atoms with E-state index in [-0.39, 0.29) is 17.9 Å². The molecule has 0 saturated heterocycles. The second-order valence-corrected chi connectivity index (χ2v) is 3.63. The summed E-state index contributed by atoms with van der Waals surface area (Å²) in [6.45, 7) is 2.01. The first kappa shape index (κ1) is 9.40. The molecular formula is C10H14N2O2.